The van der Waals surface area contributed by atoms with Crippen molar-refractivity contribution in [3.8, 4) is 40.6 Å². The van der Waals surface area contributed by atoms with Crippen molar-refractivity contribution in [3.63, 3.8) is 0 Å². The first-order chi connectivity index (χ1) is 54.4. The van der Waals surface area contributed by atoms with Crippen LogP contribution >= 0.6 is 11.8 Å². The van der Waals surface area contributed by atoms with Crippen LogP contribution in [0.2, 0.25) is 0 Å². The van der Waals surface area contributed by atoms with Crippen LogP contribution in [0.1, 0.15) is 50.9 Å². The monoisotopic (exact) mass is 1570 g/mol. The Hall–Kier alpha value is -12.8. The van der Waals surface area contributed by atoms with Gasteiger partial charge in [-0.1, -0.05) is 0 Å². The van der Waals surface area contributed by atoms with Gasteiger partial charge in [0.25, 0.3) is 0 Å². The fourth-order valence-corrected chi connectivity index (χ4v) is 13.9. The van der Waals surface area contributed by atoms with Crippen LogP contribution in [0.5, 0.6) is 34.5 Å². The van der Waals surface area contributed by atoms with Gasteiger partial charge in [-0.05, 0) is 109 Å². The summed E-state index contributed by atoms with van der Waals surface area (Å²) in [6.45, 7) is 12.3. The number of amidine groups is 1. The van der Waals surface area contributed by atoms with E-state index in [4.69, 9.17) is 44.8 Å². The minimum Gasteiger partial charge on any atom is -0.490 e. The van der Waals surface area contributed by atoms with Gasteiger partial charge in [0.05, 0.1) is 207 Å². The SMILES string of the molecule is CS(=O)(=O)c1ccc2c(c1)N(Cc1cnc[nH]1)CCO2.CSc1ccc2c(c1)N(Cc1cnc[nH]1)CCO2.FC(F)(F)c1ccc2c(c1)N(Cc1cnc[nH]1)CCO2.Fc1ccc2c(c1)N(Cc1cnc[nH]1)CCO2.N#Cc1ccc2c(c1)N(Cc1cnc[nH]1)CCO2.N=C(N)c1ccc2c(c1)N(Cc1cnc[nH]1)CCO2. The molecule has 0 atom stereocenters. The fraction of sp³-hybridized carbons (Fsp3) is 0.273. The Morgan fingerprint density at radius 3 is 1.13 bits per heavy atom. The molecule has 29 nitrogen and oxygen atoms in total. The molecule has 0 aliphatic carbocycles. The molecule has 6 aromatic carbocycles. The van der Waals surface area contributed by atoms with Gasteiger partial charge in [0.15, 0.2) is 9.84 Å². The number of alkyl halides is 3. The summed E-state index contributed by atoms with van der Waals surface area (Å²) >= 11 is 1.75. The Kier molecular flexibility index (Phi) is 24.9. The summed E-state index contributed by atoms with van der Waals surface area (Å²) in [5, 5.41) is 16.5. The molecule has 112 heavy (non-hydrogen) atoms. The number of nitriles is 1. The molecule has 9 N–H and O–H groups in total. The number of nitrogens with one attached hydrogen (secondary N) is 7. The van der Waals surface area contributed by atoms with E-state index in [9.17, 15) is 26.0 Å². The van der Waals surface area contributed by atoms with Crippen molar-refractivity contribution in [2.45, 2.75) is 55.2 Å². The van der Waals surface area contributed by atoms with Crippen LogP contribution in [0, 0.1) is 22.6 Å². The Balaban J connectivity index is 0.000000118. The van der Waals surface area contributed by atoms with Crippen molar-refractivity contribution in [1.82, 2.24) is 59.8 Å². The number of nitrogen functional groups attached to an aromatic ring is 1. The lowest BCUT2D eigenvalue weighted by molar-refractivity contribution is -0.137. The predicted molar refractivity (Wildman–Crippen MR) is 415 cm³/mol. The van der Waals surface area contributed by atoms with E-state index in [1.807, 2.05) is 47.8 Å². The van der Waals surface area contributed by atoms with E-state index in [-0.39, 0.29) is 11.7 Å². The summed E-state index contributed by atoms with van der Waals surface area (Å²) in [7, 11) is -3.22. The van der Waals surface area contributed by atoms with Crippen LogP contribution < -0.4 is 63.6 Å². The van der Waals surface area contributed by atoms with Crippen LogP contribution in [-0.4, -0.2) is 165 Å². The Morgan fingerprint density at radius 2 is 0.786 bits per heavy atom. The molecule has 12 heterocycles. The third kappa shape index (κ3) is 20.1. The molecule has 6 aliphatic rings. The molecular weight excluding hydrogens is 1490 g/mol. The molecule has 35 heteroatoms. The maximum Gasteiger partial charge on any atom is 0.416 e. The Bertz CT molecular complexity index is 5190. The number of ether oxygens (including phenoxy) is 6. The molecule has 6 aromatic heterocycles. The first-order valence-electron chi connectivity index (χ1n) is 35.5. The highest BCUT2D eigenvalue weighted by Gasteiger charge is 2.33. The van der Waals surface area contributed by atoms with Gasteiger partial charge in [0.1, 0.15) is 85.8 Å². The highest BCUT2D eigenvalue weighted by atomic mass is 32.2. The van der Waals surface area contributed by atoms with Gasteiger partial charge in [0, 0.05) is 60.0 Å². The van der Waals surface area contributed by atoms with Gasteiger partial charge in [-0.3, -0.25) is 5.41 Å². The number of H-pyrrole nitrogens is 6. The zero-order chi connectivity index (χ0) is 78.0. The number of aromatic nitrogens is 12. The van der Waals surface area contributed by atoms with Crippen LogP contribution in [0.4, 0.5) is 51.7 Å². The zero-order valence-corrected chi connectivity index (χ0v) is 62.7. The quantitative estimate of drug-likeness (QED) is 0.0204. The molecule has 0 saturated carbocycles. The number of anilines is 6. The summed E-state index contributed by atoms with van der Waals surface area (Å²) in [4.78, 5) is 56.6. The molecule has 582 valence electrons. The molecule has 0 spiro atoms. The number of nitrogens with zero attached hydrogens (tertiary/aromatic N) is 13. The minimum atomic E-state index is -4.36. The summed E-state index contributed by atoms with van der Waals surface area (Å²) in [5.41, 5.74) is 17.4. The number of hydrogen-bond donors (Lipinski definition) is 8. The van der Waals surface area contributed by atoms with Gasteiger partial charge >= 0.3 is 6.18 Å². The topological polar surface area (TPSA) is 355 Å². The van der Waals surface area contributed by atoms with Crippen molar-refractivity contribution in [1.29, 1.82) is 10.7 Å². The highest BCUT2D eigenvalue weighted by Crippen LogP contribution is 2.41. The van der Waals surface area contributed by atoms with Crippen molar-refractivity contribution >= 4 is 61.6 Å². The van der Waals surface area contributed by atoms with Crippen LogP contribution in [0.25, 0.3) is 0 Å². The third-order valence-corrected chi connectivity index (χ3v) is 20.2. The van der Waals surface area contributed by atoms with Crippen LogP contribution in [0.15, 0.2) is 194 Å². The lowest BCUT2D eigenvalue weighted by Gasteiger charge is -2.31. The molecule has 0 radical (unpaired) electrons. The van der Waals surface area contributed by atoms with Crippen molar-refractivity contribution in [3.05, 3.63) is 241 Å². The van der Waals surface area contributed by atoms with Gasteiger partial charge < -0.3 is 93.5 Å². The number of hydrogen-bond acceptors (Lipinski definition) is 23. The van der Waals surface area contributed by atoms with Gasteiger partial charge in [-0.25, -0.2) is 42.7 Å². The van der Waals surface area contributed by atoms with Crippen molar-refractivity contribution in [2.24, 2.45) is 5.73 Å². The standard InChI is InChI=1S/C13H12F3N3O.C13H15N5O.C13H12N4O.C13H15N3O3S.C13H15N3OS.C12H12FN3O/c14-13(15,16)9-1-2-12-11(5-9)19(3-4-20-12)7-10-6-17-8-18-10;14-13(15)9-1-2-12-11(5-9)18(3-4-19-12)7-10-6-16-8-17-10;14-6-10-1-2-13-12(5-10)17(3-4-18-13)8-11-7-15-9-16-11;1-20(17,18)11-2-3-13-12(6-11)16(4-5-19-13)8-10-7-14-9-15-10;1-18-11-2-3-13-12(6-11)16(4-5-17-13)8-10-7-14-9-15-10;13-9-1-2-12-11(5-9)16(3-4-17-12)7-10-6-14-8-15-10/h1-2,5-6,8H,3-4,7H2,(H,17,18);1-2,5-6,8H,3-4,7H2,(H3,14,15)(H,16,17);1-2,5,7,9H,3-4,8H2,(H,15,16);2-3,6-7,9H,4-5,8H2,1H3,(H,14,15);2-3,6-7,9H,4-5,8H2,1H3,(H,14,15);1-2,5-6,8H,3-4,7H2,(H,14,15). The van der Waals surface area contributed by atoms with E-state index >= 15 is 0 Å². The van der Waals surface area contributed by atoms with Gasteiger partial charge in [-0.15, -0.1) is 11.8 Å². The number of imidazole rings is 6. The number of rotatable bonds is 15. The molecule has 0 amide bonds. The van der Waals surface area contributed by atoms with E-state index in [1.54, 1.807) is 105 Å². The zero-order valence-electron chi connectivity index (χ0n) is 61.0. The fourth-order valence-electron chi connectivity index (χ4n) is 12.8. The highest BCUT2D eigenvalue weighted by molar-refractivity contribution is 7.98. The minimum absolute atomic E-state index is 0.0647. The molecule has 12 aromatic rings. The van der Waals surface area contributed by atoms with Gasteiger partial charge in [-0.2, -0.15) is 18.4 Å². The second kappa shape index (κ2) is 36.1. The first-order valence-corrected chi connectivity index (χ1v) is 38.6. The third-order valence-electron chi connectivity index (χ3n) is 18.3. The molecule has 6 aliphatic heterocycles. The smallest absolute Gasteiger partial charge is 0.416 e. The first kappa shape index (κ1) is 77.3. The van der Waals surface area contributed by atoms with Crippen molar-refractivity contribution < 1.29 is 54.4 Å². The predicted octanol–water partition coefficient (Wildman–Crippen LogP) is 11.3. The molecule has 0 saturated heterocycles. The van der Waals surface area contributed by atoms with E-state index < -0.39 is 21.6 Å². The second-order valence-electron chi connectivity index (χ2n) is 26.0. The molecule has 0 unspecified atom stereocenters. The summed E-state index contributed by atoms with van der Waals surface area (Å²) in [5.74, 6) is 4.37. The van der Waals surface area contributed by atoms with E-state index in [0.29, 0.717) is 99.0 Å². The maximum absolute atomic E-state index is 13.2. The summed E-state index contributed by atoms with van der Waals surface area (Å²) in [6.07, 6.45) is 19.5. The lowest BCUT2D eigenvalue weighted by atomic mass is 10.1. The van der Waals surface area contributed by atoms with Crippen molar-refractivity contribution in [2.75, 3.05) is 121 Å². The second-order valence-corrected chi connectivity index (χ2v) is 28.9. The Labute approximate surface area is 646 Å². The molecule has 0 fully saturated rings. The van der Waals surface area contributed by atoms with Crippen LogP contribution in [0.3, 0.4) is 0 Å². The molecular formula is C77H81F4N21O8S2. The van der Waals surface area contributed by atoms with E-state index in [0.717, 1.165) is 144 Å². The summed E-state index contributed by atoms with van der Waals surface area (Å²) < 4.78 is 108. The van der Waals surface area contributed by atoms with E-state index in [2.05, 4.69) is 115 Å². The maximum atomic E-state index is 13.2. The average Bonchev–Trinajstić information content (AvgIpc) is 1.01. The number of thioether (sulfide) groups is 1. The normalized spacial score (nSPS) is 14.3. The number of halogens is 4. The number of aromatic amines is 6. The Morgan fingerprint density at radius 1 is 0.464 bits per heavy atom. The summed E-state index contributed by atoms with van der Waals surface area (Å²) in [6, 6.07) is 32.7. The van der Waals surface area contributed by atoms with Gasteiger partial charge in [0.2, 0.25) is 0 Å². The largest absolute Gasteiger partial charge is 0.490 e. The molecule has 0 bridgehead atoms. The molecule has 18 rings (SSSR count). The average molecular weight is 1570 g/mol. The number of benzene rings is 6. The lowest BCUT2D eigenvalue weighted by Crippen LogP contribution is -2.32. The number of nitrogens with two attached hydrogens (primary N) is 1. The van der Waals surface area contributed by atoms with Crippen LogP contribution in [-0.2, 0) is 55.3 Å². The van der Waals surface area contributed by atoms with E-state index in [1.165, 1.54) is 35.0 Å². The number of sulfone groups is 1. The number of fused-ring (bicyclic) bond motifs is 6.